The lowest BCUT2D eigenvalue weighted by Gasteiger charge is -2.30. The van der Waals surface area contributed by atoms with E-state index in [9.17, 15) is 0 Å². The summed E-state index contributed by atoms with van der Waals surface area (Å²) in [6, 6.07) is 11.2. The van der Waals surface area contributed by atoms with E-state index in [1.807, 2.05) is 0 Å². The molecule has 0 saturated heterocycles. The Bertz CT molecular complexity index is 544. The van der Waals surface area contributed by atoms with Crippen LogP contribution in [-0.4, -0.2) is 0 Å². The van der Waals surface area contributed by atoms with Gasteiger partial charge in [0.25, 0.3) is 0 Å². The normalized spacial score (nSPS) is 20.4. The van der Waals surface area contributed by atoms with Gasteiger partial charge in [0.05, 0.1) is 0 Å². The Morgan fingerprint density at radius 2 is 2.11 bits per heavy atom. The van der Waals surface area contributed by atoms with Gasteiger partial charge in [-0.25, -0.2) is 0 Å². The van der Waals surface area contributed by atoms with Crippen molar-refractivity contribution in [3.05, 3.63) is 57.3 Å². The van der Waals surface area contributed by atoms with Crippen LogP contribution in [0.1, 0.15) is 46.4 Å². The Morgan fingerprint density at radius 1 is 1.28 bits per heavy atom. The predicted molar refractivity (Wildman–Crippen MR) is 78.1 cm³/mol. The molecule has 0 aliphatic heterocycles. The van der Waals surface area contributed by atoms with Gasteiger partial charge in [0.1, 0.15) is 0 Å². The van der Waals surface area contributed by atoms with Gasteiger partial charge >= 0.3 is 0 Å². The molecule has 2 N–H and O–H groups in total. The minimum Gasteiger partial charge on any atom is -0.323 e. The zero-order valence-corrected chi connectivity index (χ0v) is 11.5. The van der Waals surface area contributed by atoms with E-state index in [-0.39, 0.29) is 6.04 Å². The summed E-state index contributed by atoms with van der Waals surface area (Å²) in [6.07, 6.45) is 3.69. The van der Waals surface area contributed by atoms with Crippen molar-refractivity contribution in [2.24, 2.45) is 5.73 Å². The topological polar surface area (TPSA) is 26.0 Å². The number of benzene rings is 1. The van der Waals surface area contributed by atoms with Gasteiger partial charge < -0.3 is 5.73 Å². The molecular formula is C16H19NS. The number of hydrogen-bond acceptors (Lipinski definition) is 2. The van der Waals surface area contributed by atoms with Gasteiger partial charge in [-0.1, -0.05) is 24.3 Å². The van der Waals surface area contributed by atoms with Crippen LogP contribution in [0.4, 0.5) is 0 Å². The first-order chi connectivity index (χ1) is 8.77. The van der Waals surface area contributed by atoms with E-state index in [0.717, 1.165) is 0 Å². The van der Waals surface area contributed by atoms with E-state index in [1.165, 1.54) is 40.8 Å². The molecule has 0 saturated carbocycles. The molecule has 0 bridgehead atoms. The molecule has 1 heterocycles. The third kappa shape index (κ3) is 2.00. The Hall–Kier alpha value is -1.12. The largest absolute Gasteiger partial charge is 0.323 e. The smallest absolute Gasteiger partial charge is 0.0375 e. The maximum Gasteiger partial charge on any atom is 0.0375 e. The van der Waals surface area contributed by atoms with Gasteiger partial charge in [0.2, 0.25) is 0 Å². The fraction of sp³-hybridized carbons (Fsp3) is 0.375. The molecule has 0 spiro atoms. The molecule has 1 aliphatic carbocycles. The van der Waals surface area contributed by atoms with Crippen LogP contribution in [0.3, 0.4) is 0 Å². The average molecular weight is 257 g/mol. The third-order valence-corrected chi connectivity index (χ3v) is 4.97. The summed E-state index contributed by atoms with van der Waals surface area (Å²) < 4.78 is 0. The number of thiophene rings is 1. The number of hydrogen-bond donors (Lipinski definition) is 1. The number of nitrogens with two attached hydrogens (primary N) is 1. The fourth-order valence-electron chi connectivity index (χ4n) is 3.12. The van der Waals surface area contributed by atoms with Gasteiger partial charge in [-0.05, 0) is 54.3 Å². The molecule has 2 unspecified atom stereocenters. The van der Waals surface area contributed by atoms with Crippen LogP contribution in [0, 0.1) is 6.92 Å². The number of fused-ring (bicyclic) bond motifs is 1. The second-order valence-electron chi connectivity index (χ2n) is 5.16. The molecule has 3 rings (SSSR count). The van der Waals surface area contributed by atoms with Crippen LogP contribution in [0.25, 0.3) is 0 Å². The molecule has 1 nitrogen and oxygen atoms in total. The van der Waals surface area contributed by atoms with E-state index in [1.54, 1.807) is 11.3 Å². The second kappa shape index (κ2) is 4.87. The highest BCUT2D eigenvalue weighted by atomic mass is 32.1. The molecule has 2 heteroatoms. The molecule has 1 aromatic carbocycles. The first kappa shape index (κ1) is 11.9. The lowest BCUT2D eigenvalue weighted by molar-refractivity contribution is 0.474. The van der Waals surface area contributed by atoms with Crippen LogP contribution in [-0.2, 0) is 6.42 Å². The number of rotatable bonds is 2. The first-order valence-corrected chi connectivity index (χ1v) is 7.52. The van der Waals surface area contributed by atoms with Gasteiger partial charge in [0.15, 0.2) is 0 Å². The van der Waals surface area contributed by atoms with E-state index in [0.29, 0.717) is 5.92 Å². The lowest BCUT2D eigenvalue weighted by atomic mass is 9.77. The van der Waals surface area contributed by atoms with Gasteiger partial charge in [-0.15, -0.1) is 11.3 Å². The van der Waals surface area contributed by atoms with Gasteiger partial charge in [-0.2, -0.15) is 0 Å². The molecular weight excluding hydrogens is 238 g/mol. The molecule has 2 atom stereocenters. The highest BCUT2D eigenvalue weighted by molar-refractivity contribution is 7.10. The van der Waals surface area contributed by atoms with Crippen LogP contribution >= 0.6 is 11.3 Å². The first-order valence-electron chi connectivity index (χ1n) is 6.65. The standard InChI is InChI=1S/C16H19NS/c1-11-13(9-10-18-11)16(17)15-8-4-6-12-5-2-3-7-14(12)15/h2-3,5,7,9-10,15-16H,4,6,8,17H2,1H3. The van der Waals surface area contributed by atoms with Crippen LogP contribution < -0.4 is 5.73 Å². The summed E-state index contributed by atoms with van der Waals surface area (Å²) in [7, 11) is 0. The summed E-state index contributed by atoms with van der Waals surface area (Å²) in [5, 5.41) is 2.15. The minimum atomic E-state index is 0.151. The van der Waals surface area contributed by atoms with Crippen LogP contribution in [0.5, 0.6) is 0 Å². The van der Waals surface area contributed by atoms with Crippen molar-refractivity contribution in [1.29, 1.82) is 0 Å². The summed E-state index contributed by atoms with van der Waals surface area (Å²) in [5.41, 5.74) is 10.8. The molecule has 1 aromatic heterocycles. The summed E-state index contributed by atoms with van der Waals surface area (Å²) in [4.78, 5) is 1.37. The van der Waals surface area contributed by atoms with E-state index in [4.69, 9.17) is 5.73 Å². The maximum atomic E-state index is 6.54. The average Bonchev–Trinajstić information content (AvgIpc) is 2.83. The van der Waals surface area contributed by atoms with Crippen LogP contribution in [0.2, 0.25) is 0 Å². The highest BCUT2D eigenvalue weighted by Crippen LogP contribution is 2.40. The van der Waals surface area contributed by atoms with Crippen molar-refractivity contribution in [3.63, 3.8) is 0 Å². The fourth-order valence-corrected chi connectivity index (χ4v) is 3.88. The molecule has 0 fully saturated rings. The Balaban J connectivity index is 1.97. The molecule has 2 aromatic rings. The Kier molecular flexibility index (Phi) is 3.23. The number of aryl methyl sites for hydroxylation is 2. The van der Waals surface area contributed by atoms with Gasteiger partial charge in [-0.3, -0.25) is 0 Å². The van der Waals surface area contributed by atoms with E-state index < -0.39 is 0 Å². The highest BCUT2D eigenvalue weighted by Gasteiger charge is 2.27. The monoisotopic (exact) mass is 257 g/mol. The van der Waals surface area contributed by atoms with Crippen molar-refractivity contribution in [2.45, 2.75) is 38.1 Å². The van der Waals surface area contributed by atoms with E-state index >= 15 is 0 Å². The van der Waals surface area contributed by atoms with Crippen molar-refractivity contribution in [3.8, 4) is 0 Å². The minimum absolute atomic E-state index is 0.151. The Labute approximate surface area is 113 Å². The molecule has 0 radical (unpaired) electrons. The molecule has 18 heavy (non-hydrogen) atoms. The quantitative estimate of drug-likeness (QED) is 0.858. The third-order valence-electron chi connectivity index (χ3n) is 4.11. The van der Waals surface area contributed by atoms with Crippen LogP contribution in [0.15, 0.2) is 35.7 Å². The second-order valence-corrected chi connectivity index (χ2v) is 6.28. The zero-order valence-electron chi connectivity index (χ0n) is 10.7. The lowest BCUT2D eigenvalue weighted by Crippen LogP contribution is -2.23. The van der Waals surface area contributed by atoms with Crippen molar-refractivity contribution >= 4 is 11.3 Å². The zero-order chi connectivity index (χ0) is 12.5. The summed E-state index contributed by atoms with van der Waals surface area (Å²) in [5.74, 6) is 0.489. The van der Waals surface area contributed by atoms with Crippen molar-refractivity contribution < 1.29 is 0 Å². The summed E-state index contributed by atoms with van der Waals surface area (Å²) >= 11 is 1.80. The van der Waals surface area contributed by atoms with Gasteiger partial charge in [0, 0.05) is 16.8 Å². The Morgan fingerprint density at radius 3 is 2.89 bits per heavy atom. The molecule has 1 aliphatic rings. The molecule has 94 valence electrons. The maximum absolute atomic E-state index is 6.54. The SMILES string of the molecule is Cc1sccc1C(N)C1CCCc2ccccc21. The summed E-state index contributed by atoms with van der Waals surface area (Å²) in [6.45, 7) is 2.18. The van der Waals surface area contributed by atoms with Crippen molar-refractivity contribution in [2.75, 3.05) is 0 Å². The molecule has 0 amide bonds. The van der Waals surface area contributed by atoms with Crippen molar-refractivity contribution in [1.82, 2.24) is 0 Å². The predicted octanol–water partition coefficient (Wildman–Crippen LogP) is 4.18. The van der Waals surface area contributed by atoms with E-state index in [2.05, 4.69) is 42.6 Å².